The summed E-state index contributed by atoms with van der Waals surface area (Å²) in [5, 5.41) is 21.4. The Bertz CT molecular complexity index is 1100. The number of carbonyl (C=O) groups excluding carboxylic acids is 2. The van der Waals surface area contributed by atoms with Crippen LogP contribution in [0.4, 0.5) is 5.69 Å². The quantitative estimate of drug-likeness (QED) is 0.570. The van der Waals surface area contributed by atoms with Crippen LogP contribution in [0.1, 0.15) is 27.9 Å². The summed E-state index contributed by atoms with van der Waals surface area (Å²) in [6.45, 7) is 0.279. The number of ketones is 1. The SMILES string of the molecule is O=C(C[C@@]1(O)C(=O)N(Cc2ccccc2)c2ccc(Br)cc21)c1ccccc1O. The predicted molar refractivity (Wildman–Crippen MR) is 113 cm³/mol. The fourth-order valence-electron chi connectivity index (χ4n) is 3.65. The first-order valence-corrected chi connectivity index (χ1v) is 9.89. The number of hydrogen-bond acceptors (Lipinski definition) is 4. The zero-order chi connectivity index (χ0) is 20.6. The molecule has 0 saturated heterocycles. The number of phenols is 1. The Hall–Kier alpha value is -2.96. The first-order valence-electron chi connectivity index (χ1n) is 9.09. The molecule has 0 radical (unpaired) electrons. The van der Waals surface area contributed by atoms with Crippen molar-refractivity contribution < 1.29 is 19.8 Å². The molecule has 29 heavy (non-hydrogen) atoms. The maximum Gasteiger partial charge on any atom is 0.264 e. The molecule has 0 fully saturated rings. The van der Waals surface area contributed by atoms with E-state index in [4.69, 9.17) is 0 Å². The maximum atomic E-state index is 13.3. The van der Waals surface area contributed by atoms with Gasteiger partial charge in [-0.2, -0.15) is 0 Å². The minimum absolute atomic E-state index is 0.0757. The number of rotatable bonds is 5. The molecule has 3 aromatic rings. The number of carbonyl (C=O) groups is 2. The largest absolute Gasteiger partial charge is 0.507 e. The number of fused-ring (bicyclic) bond motifs is 1. The first-order chi connectivity index (χ1) is 13.9. The molecule has 1 aliphatic rings. The van der Waals surface area contributed by atoms with Gasteiger partial charge in [0.1, 0.15) is 5.75 Å². The van der Waals surface area contributed by atoms with Crippen molar-refractivity contribution in [3.8, 4) is 5.75 Å². The Morgan fingerprint density at radius 2 is 1.69 bits per heavy atom. The van der Waals surface area contributed by atoms with Crippen LogP contribution in [-0.4, -0.2) is 21.9 Å². The highest BCUT2D eigenvalue weighted by Gasteiger charge is 2.51. The number of anilines is 1. The number of nitrogens with zero attached hydrogens (tertiary/aromatic N) is 1. The lowest BCUT2D eigenvalue weighted by molar-refractivity contribution is -0.136. The molecule has 0 saturated carbocycles. The number of halogens is 1. The molecule has 3 aromatic carbocycles. The van der Waals surface area contributed by atoms with E-state index in [1.165, 1.54) is 17.0 Å². The summed E-state index contributed by atoms with van der Waals surface area (Å²) in [5.41, 5.74) is -0.0863. The van der Waals surface area contributed by atoms with Crippen LogP contribution in [0.25, 0.3) is 0 Å². The van der Waals surface area contributed by atoms with Crippen molar-refractivity contribution in [3.63, 3.8) is 0 Å². The van der Waals surface area contributed by atoms with E-state index in [2.05, 4.69) is 15.9 Å². The van der Waals surface area contributed by atoms with Gasteiger partial charge < -0.3 is 15.1 Å². The van der Waals surface area contributed by atoms with Crippen LogP contribution in [0, 0.1) is 0 Å². The summed E-state index contributed by atoms with van der Waals surface area (Å²) in [6, 6.07) is 20.8. The van der Waals surface area contributed by atoms with Crippen molar-refractivity contribution >= 4 is 33.3 Å². The van der Waals surface area contributed by atoms with Gasteiger partial charge >= 0.3 is 0 Å². The second kappa shape index (κ2) is 7.46. The Labute approximate surface area is 176 Å². The van der Waals surface area contributed by atoms with Crippen molar-refractivity contribution in [1.82, 2.24) is 0 Å². The number of Topliss-reactive ketones (excluding diaryl/α,β-unsaturated/α-hetero) is 1. The third-order valence-corrected chi connectivity index (χ3v) is 5.59. The number of aromatic hydroxyl groups is 1. The van der Waals surface area contributed by atoms with Crippen LogP contribution >= 0.6 is 15.9 Å². The van der Waals surface area contributed by atoms with E-state index in [1.807, 2.05) is 30.3 Å². The lowest BCUT2D eigenvalue weighted by Gasteiger charge is -2.23. The van der Waals surface area contributed by atoms with E-state index in [1.54, 1.807) is 30.3 Å². The second-order valence-corrected chi connectivity index (χ2v) is 7.93. The van der Waals surface area contributed by atoms with Crippen LogP contribution in [-0.2, 0) is 16.9 Å². The third-order valence-electron chi connectivity index (χ3n) is 5.10. The smallest absolute Gasteiger partial charge is 0.264 e. The van der Waals surface area contributed by atoms with Crippen LogP contribution in [0.5, 0.6) is 5.75 Å². The zero-order valence-corrected chi connectivity index (χ0v) is 17.0. The standard InChI is InChI=1S/C23H18BrNO4/c24-16-10-11-19-18(12-16)23(29,13-21(27)17-8-4-5-9-20(17)26)22(28)25(19)14-15-6-2-1-3-7-15/h1-12,26,29H,13-14H2/t23-/m0/s1. The van der Waals surface area contributed by atoms with E-state index >= 15 is 0 Å². The molecule has 6 heteroatoms. The summed E-state index contributed by atoms with van der Waals surface area (Å²) in [4.78, 5) is 27.6. The van der Waals surface area contributed by atoms with Gasteiger partial charge in [-0.15, -0.1) is 0 Å². The van der Waals surface area contributed by atoms with Crippen LogP contribution < -0.4 is 4.90 Å². The summed E-state index contributed by atoms with van der Waals surface area (Å²) >= 11 is 3.38. The van der Waals surface area contributed by atoms with E-state index in [0.717, 1.165) is 5.56 Å². The van der Waals surface area contributed by atoms with Crippen LogP contribution in [0.15, 0.2) is 77.3 Å². The zero-order valence-electron chi connectivity index (χ0n) is 15.4. The highest BCUT2D eigenvalue weighted by molar-refractivity contribution is 9.10. The van der Waals surface area contributed by atoms with Crippen molar-refractivity contribution in [2.24, 2.45) is 0 Å². The minimum Gasteiger partial charge on any atom is -0.507 e. The number of para-hydroxylation sites is 1. The maximum absolute atomic E-state index is 13.3. The Morgan fingerprint density at radius 3 is 2.41 bits per heavy atom. The first kappa shape index (κ1) is 19.4. The van der Waals surface area contributed by atoms with Crippen LogP contribution in [0.3, 0.4) is 0 Å². The molecular weight excluding hydrogens is 434 g/mol. The molecule has 0 aliphatic carbocycles. The van der Waals surface area contributed by atoms with Crippen molar-refractivity contribution in [3.05, 3.63) is 94.0 Å². The lowest BCUT2D eigenvalue weighted by Crippen LogP contribution is -2.41. The van der Waals surface area contributed by atoms with Gasteiger partial charge in [-0.25, -0.2) is 0 Å². The van der Waals surface area contributed by atoms with E-state index in [9.17, 15) is 19.8 Å². The van der Waals surface area contributed by atoms with Gasteiger partial charge in [0.25, 0.3) is 5.91 Å². The number of amides is 1. The summed E-state index contributed by atoms with van der Waals surface area (Å²) in [6.07, 6.45) is -0.460. The van der Waals surface area contributed by atoms with E-state index in [0.29, 0.717) is 15.7 Å². The van der Waals surface area contributed by atoms with Crippen molar-refractivity contribution in [2.75, 3.05) is 4.90 Å². The third kappa shape index (κ3) is 3.45. The van der Waals surface area contributed by atoms with E-state index < -0.39 is 23.7 Å². The van der Waals surface area contributed by atoms with Gasteiger partial charge in [-0.3, -0.25) is 9.59 Å². The molecule has 0 spiro atoms. The van der Waals surface area contributed by atoms with Crippen molar-refractivity contribution in [2.45, 2.75) is 18.6 Å². The van der Waals surface area contributed by atoms with Crippen molar-refractivity contribution in [1.29, 1.82) is 0 Å². The molecule has 1 atom stereocenters. The summed E-state index contributed by atoms with van der Waals surface area (Å²) in [5.74, 6) is -1.24. The molecule has 146 valence electrons. The van der Waals surface area contributed by atoms with Gasteiger partial charge in [-0.05, 0) is 35.9 Å². The summed E-state index contributed by atoms with van der Waals surface area (Å²) in [7, 11) is 0. The van der Waals surface area contributed by atoms with Gasteiger partial charge in [0.2, 0.25) is 0 Å². The van der Waals surface area contributed by atoms with Gasteiger partial charge in [-0.1, -0.05) is 58.4 Å². The van der Waals surface area contributed by atoms with Gasteiger partial charge in [0, 0.05) is 10.0 Å². The molecule has 1 heterocycles. The Balaban J connectivity index is 1.73. The molecule has 0 aromatic heterocycles. The fourth-order valence-corrected chi connectivity index (χ4v) is 4.01. The molecule has 5 nitrogen and oxygen atoms in total. The predicted octanol–water partition coefficient (Wildman–Crippen LogP) is 4.16. The highest BCUT2D eigenvalue weighted by Crippen LogP contribution is 2.45. The highest BCUT2D eigenvalue weighted by atomic mass is 79.9. The van der Waals surface area contributed by atoms with E-state index in [-0.39, 0.29) is 17.9 Å². The molecule has 0 unspecified atom stereocenters. The average Bonchev–Trinajstić information content (AvgIpc) is 2.90. The van der Waals surface area contributed by atoms with Gasteiger partial charge in [0.15, 0.2) is 11.4 Å². The molecule has 1 aliphatic heterocycles. The van der Waals surface area contributed by atoms with Gasteiger partial charge in [0.05, 0.1) is 24.2 Å². The summed E-state index contributed by atoms with van der Waals surface area (Å²) < 4.78 is 0.694. The molecule has 4 rings (SSSR count). The minimum atomic E-state index is -2.01. The topological polar surface area (TPSA) is 77.8 Å². The molecule has 1 amide bonds. The second-order valence-electron chi connectivity index (χ2n) is 7.02. The Kier molecular flexibility index (Phi) is 4.98. The normalized spacial score (nSPS) is 18.0. The number of phenolic OH excluding ortho intramolecular Hbond substituents is 1. The molecule has 0 bridgehead atoms. The van der Waals surface area contributed by atoms with Crippen LogP contribution in [0.2, 0.25) is 0 Å². The number of benzene rings is 3. The monoisotopic (exact) mass is 451 g/mol. The fraction of sp³-hybridized carbons (Fsp3) is 0.130. The molecule has 2 N–H and O–H groups in total. The number of hydrogen-bond donors (Lipinski definition) is 2. The lowest BCUT2D eigenvalue weighted by atomic mass is 9.88. The average molecular weight is 452 g/mol. The molecular formula is C23H18BrNO4. The number of aliphatic hydroxyl groups is 1. The Morgan fingerprint density at radius 1 is 1.00 bits per heavy atom.